The number of aliphatic imine (C=N–C) groups is 1. The van der Waals surface area contributed by atoms with Crippen LogP contribution in [0.3, 0.4) is 0 Å². The van der Waals surface area contributed by atoms with Crippen molar-refractivity contribution < 1.29 is 24.9 Å². The predicted octanol–water partition coefficient (Wildman–Crippen LogP) is 10.1. The van der Waals surface area contributed by atoms with Gasteiger partial charge in [0.25, 0.3) is 0 Å². The van der Waals surface area contributed by atoms with E-state index in [1.807, 2.05) is 104 Å². The topological polar surface area (TPSA) is 56.4 Å². The van der Waals surface area contributed by atoms with Crippen LogP contribution in [0.2, 0.25) is 0 Å². The number of pyridine rings is 1. The Kier molecular flexibility index (Phi) is 8.21. The molecule has 0 N–H and O–H groups in total. The van der Waals surface area contributed by atoms with Gasteiger partial charge in [-0.05, 0) is 43.9 Å². The third-order valence-electron chi connectivity index (χ3n) is 9.22. The zero-order valence-electron chi connectivity index (χ0n) is 26.7. The first kappa shape index (κ1) is 31.3. The van der Waals surface area contributed by atoms with E-state index in [1.54, 1.807) is 0 Å². The molecule has 0 saturated carbocycles. The molecule has 50 heavy (non-hydrogen) atoms. The second kappa shape index (κ2) is 13.1. The first-order valence-electron chi connectivity index (χ1n) is 16.2. The van der Waals surface area contributed by atoms with E-state index in [4.69, 9.17) is 15.0 Å². The average molecular weight is 818 g/mol. The van der Waals surface area contributed by atoms with E-state index in [9.17, 15) is 4.79 Å². The van der Waals surface area contributed by atoms with Crippen LogP contribution in [0.5, 0.6) is 0 Å². The smallest absolute Gasteiger partial charge is 0.194 e. The Bertz CT molecular complexity index is 2620. The Balaban J connectivity index is 0.000000142. The van der Waals surface area contributed by atoms with Crippen LogP contribution < -0.4 is 4.98 Å². The Labute approximate surface area is 303 Å². The van der Waals surface area contributed by atoms with E-state index in [0.29, 0.717) is 0 Å². The number of benzene rings is 6. The first-order valence-corrected chi connectivity index (χ1v) is 16.2. The number of aromatic nitrogens is 2. The van der Waals surface area contributed by atoms with Gasteiger partial charge in [-0.25, -0.2) is 0 Å². The summed E-state index contributed by atoms with van der Waals surface area (Å²) in [5.41, 5.74) is 11.8. The van der Waals surface area contributed by atoms with Crippen LogP contribution in [0, 0.1) is 6.07 Å². The van der Waals surface area contributed by atoms with Crippen molar-refractivity contribution in [3.63, 3.8) is 0 Å². The molecule has 1 aliphatic heterocycles. The monoisotopic (exact) mass is 818 g/mol. The molecule has 10 rings (SSSR count). The number of ketones is 1. The third-order valence-corrected chi connectivity index (χ3v) is 9.22. The Hall–Kier alpha value is -6.00. The second-order valence-electron chi connectivity index (χ2n) is 12.0. The maximum absolute atomic E-state index is 12.9. The van der Waals surface area contributed by atoms with Gasteiger partial charge < -0.3 is 9.97 Å². The van der Waals surface area contributed by atoms with Crippen molar-refractivity contribution in [1.82, 2.24) is 9.97 Å². The summed E-state index contributed by atoms with van der Waals surface area (Å²) in [6.45, 7) is 0. The van der Waals surface area contributed by atoms with E-state index < -0.39 is 0 Å². The minimum Gasteiger partial charge on any atom is -0.663 e. The van der Waals surface area contributed by atoms with Crippen molar-refractivity contribution in [3.8, 4) is 22.4 Å². The normalized spacial score (nSPS) is 13.2. The van der Waals surface area contributed by atoms with E-state index in [0.717, 1.165) is 88.7 Å². The van der Waals surface area contributed by atoms with E-state index >= 15 is 0 Å². The molecule has 0 spiro atoms. The van der Waals surface area contributed by atoms with Gasteiger partial charge in [-0.3, -0.25) is 9.79 Å². The van der Waals surface area contributed by atoms with Crippen molar-refractivity contribution in [2.45, 2.75) is 0 Å². The molecule has 239 valence electrons. The molecule has 0 unspecified atom stereocenters. The number of hydrogen-bond acceptors (Lipinski definition) is 3. The maximum atomic E-state index is 12.9. The standard InChI is InChI=1S/C23H15N2.C22H12NO.Ir/c1-2-8-16(9-3-1)21(22-19-12-6-4-10-17(19)14-24-22)23-20-13-7-5-11-18(20)15-25-23;24-22-16-10-5-4-9-15(16)19-13-23-21(14-7-2-1-3-8-14)17-11-6-12-18(22)20(17)19;/h1-15H;1-7,9-13H;/q2*-1;/b22-21-;;. The zero-order valence-corrected chi connectivity index (χ0v) is 29.1. The van der Waals surface area contributed by atoms with Crippen molar-refractivity contribution in [3.05, 3.63) is 198 Å². The summed E-state index contributed by atoms with van der Waals surface area (Å²) >= 11 is 0. The fraction of sp³-hybridized carbons (Fsp3) is 0. The predicted molar refractivity (Wildman–Crippen MR) is 199 cm³/mol. The summed E-state index contributed by atoms with van der Waals surface area (Å²) in [5.74, 6) is 0.0814. The van der Waals surface area contributed by atoms with E-state index in [2.05, 4.69) is 66.7 Å². The van der Waals surface area contributed by atoms with Crippen molar-refractivity contribution >= 4 is 44.8 Å². The number of carbonyl (C=O) groups is 1. The van der Waals surface area contributed by atoms with Gasteiger partial charge in [0.2, 0.25) is 0 Å². The largest absolute Gasteiger partial charge is 0.663 e. The van der Waals surface area contributed by atoms with Gasteiger partial charge in [0.15, 0.2) is 5.78 Å². The van der Waals surface area contributed by atoms with Crippen LogP contribution in [0.25, 0.3) is 55.2 Å². The third kappa shape index (κ3) is 5.25. The van der Waals surface area contributed by atoms with Gasteiger partial charge in [-0.2, -0.15) is 6.20 Å². The van der Waals surface area contributed by atoms with Crippen LogP contribution in [-0.2, 0) is 20.1 Å². The zero-order chi connectivity index (χ0) is 32.7. The van der Waals surface area contributed by atoms with Crippen LogP contribution in [0.1, 0.15) is 38.3 Å². The molecule has 0 bridgehead atoms. The quantitative estimate of drug-likeness (QED) is 0.167. The van der Waals surface area contributed by atoms with Gasteiger partial charge in [0.1, 0.15) is 0 Å². The maximum Gasteiger partial charge on any atom is 0.194 e. The molecule has 0 fully saturated rings. The fourth-order valence-corrected chi connectivity index (χ4v) is 6.96. The number of hydrogen-bond donors (Lipinski definition) is 0. The molecule has 8 aromatic rings. The van der Waals surface area contributed by atoms with E-state index in [-0.39, 0.29) is 25.9 Å². The molecule has 0 atom stereocenters. The molecule has 1 radical (unpaired) electrons. The summed E-state index contributed by atoms with van der Waals surface area (Å²) in [6.07, 6.45) is 5.77. The van der Waals surface area contributed by atoms with Gasteiger partial charge >= 0.3 is 0 Å². The SMILES string of the molecule is C1=N/C(=C(/c2ccccc2)c2[n-]cc3ccccc23)c2ccccc21.O=C1c2ccccc2-c2cnc(-c3[c-]cccc3)c3cccc1c23.[Ir]. The van der Waals surface area contributed by atoms with E-state index in [1.165, 1.54) is 0 Å². The average Bonchev–Trinajstić information content (AvgIpc) is 3.80. The molecule has 4 nitrogen and oxygen atoms in total. The summed E-state index contributed by atoms with van der Waals surface area (Å²) in [4.78, 5) is 27.1. The Morgan fingerprint density at radius 2 is 1.32 bits per heavy atom. The van der Waals surface area contributed by atoms with Gasteiger partial charge in [0, 0.05) is 60.3 Å². The summed E-state index contributed by atoms with van der Waals surface area (Å²) in [6, 6.07) is 51.7. The molecule has 2 aliphatic rings. The molecule has 3 heterocycles. The van der Waals surface area contributed by atoms with Crippen LogP contribution in [0.15, 0.2) is 163 Å². The molecule has 5 heteroatoms. The molecule has 1 aliphatic carbocycles. The Morgan fingerprint density at radius 1 is 0.620 bits per heavy atom. The number of carbonyl (C=O) groups excluding carboxylic acids is 1. The summed E-state index contributed by atoms with van der Waals surface area (Å²) in [5, 5.41) is 4.30. The minimum absolute atomic E-state index is 0. The number of rotatable bonds is 3. The summed E-state index contributed by atoms with van der Waals surface area (Å²) < 4.78 is 0. The van der Waals surface area contributed by atoms with Crippen molar-refractivity contribution in [1.29, 1.82) is 0 Å². The molecule has 0 amide bonds. The second-order valence-corrected chi connectivity index (χ2v) is 12.0. The molecule has 2 aromatic heterocycles. The van der Waals surface area contributed by atoms with Gasteiger partial charge in [-0.1, -0.05) is 121 Å². The summed E-state index contributed by atoms with van der Waals surface area (Å²) in [7, 11) is 0. The van der Waals surface area contributed by atoms with Gasteiger partial charge in [0.05, 0.1) is 5.70 Å². The first-order chi connectivity index (χ1) is 24.3. The molecular formula is C45H27IrN3O-2. The molecular weight excluding hydrogens is 791 g/mol. The molecule has 6 aromatic carbocycles. The fourth-order valence-electron chi connectivity index (χ4n) is 6.96. The number of fused-ring (bicyclic) bond motifs is 4. The van der Waals surface area contributed by atoms with Crippen molar-refractivity contribution in [2.24, 2.45) is 4.99 Å². The van der Waals surface area contributed by atoms with Crippen molar-refractivity contribution in [2.75, 3.05) is 0 Å². The van der Waals surface area contributed by atoms with Crippen LogP contribution >= 0.6 is 0 Å². The van der Waals surface area contributed by atoms with Gasteiger partial charge in [-0.15, -0.1) is 41.6 Å². The van der Waals surface area contributed by atoms with Crippen LogP contribution in [0.4, 0.5) is 0 Å². The Morgan fingerprint density at radius 3 is 2.16 bits per heavy atom. The molecule has 0 saturated heterocycles. The van der Waals surface area contributed by atoms with Crippen LogP contribution in [-0.4, -0.2) is 17.0 Å². The number of nitrogens with zero attached hydrogens (tertiary/aromatic N) is 3. The minimum atomic E-state index is 0.